The van der Waals surface area contributed by atoms with Crippen LogP contribution in [0.3, 0.4) is 0 Å². The molecule has 0 saturated carbocycles. The van der Waals surface area contributed by atoms with Crippen LogP contribution in [0.15, 0.2) is 18.2 Å². The smallest absolute Gasteiger partial charge is 0.417 e. The maximum absolute atomic E-state index is 13.1. The standard InChI is InChI=1S/C18H20F3NO3/c1-17(2,3)25-16(23)22-10-12(11-22)8-9-13-14(18(19,20)21)6-5-7-15(13)24-4/h5-7,12H,10-11H2,1-4H3. The summed E-state index contributed by atoms with van der Waals surface area (Å²) in [4.78, 5) is 13.3. The fourth-order valence-corrected chi connectivity index (χ4v) is 2.29. The Morgan fingerprint density at radius 1 is 1.24 bits per heavy atom. The van der Waals surface area contributed by atoms with Crippen molar-refractivity contribution in [3.63, 3.8) is 0 Å². The van der Waals surface area contributed by atoms with E-state index in [9.17, 15) is 18.0 Å². The minimum absolute atomic E-state index is 0.0747. The molecule has 4 nitrogen and oxygen atoms in total. The van der Waals surface area contributed by atoms with Crippen LogP contribution in [0, 0.1) is 17.8 Å². The lowest BCUT2D eigenvalue weighted by molar-refractivity contribution is -0.137. The highest BCUT2D eigenvalue weighted by molar-refractivity contribution is 5.69. The van der Waals surface area contributed by atoms with Crippen LogP contribution in [0.4, 0.5) is 18.0 Å². The third kappa shape index (κ3) is 4.81. The van der Waals surface area contributed by atoms with Crippen LogP contribution in [-0.4, -0.2) is 36.8 Å². The number of halogens is 3. The van der Waals surface area contributed by atoms with Gasteiger partial charge in [-0.3, -0.25) is 0 Å². The predicted molar refractivity (Wildman–Crippen MR) is 86.2 cm³/mol. The van der Waals surface area contributed by atoms with E-state index in [2.05, 4.69) is 11.8 Å². The molecule has 7 heteroatoms. The number of likely N-dealkylation sites (tertiary alicyclic amines) is 1. The van der Waals surface area contributed by atoms with E-state index in [1.165, 1.54) is 24.1 Å². The van der Waals surface area contributed by atoms with E-state index in [0.29, 0.717) is 13.1 Å². The first-order valence-corrected chi connectivity index (χ1v) is 7.75. The van der Waals surface area contributed by atoms with Crippen LogP contribution in [0.1, 0.15) is 31.9 Å². The lowest BCUT2D eigenvalue weighted by atomic mass is 9.99. The van der Waals surface area contributed by atoms with Gasteiger partial charge in [0.2, 0.25) is 0 Å². The second-order valence-corrected chi connectivity index (χ2v) is 6.73. The number of nitrogens with zero attached hydrogens (tertiary/aromatic N) is 1. The monoisotopic (exact) mass is 355 g/mol. The van der Waals surface area contributed by atoms with Gasteiger partial charge in [-0.25, -0.2) is 4.79 Å². The molecule has 0 bridgehead atoms. The van der Waals surface area contributed by atoms with Gasteiger partial charge in [0.15, 0.2) is 0 Å². The Bertz CT molecular complexity index is 705. The summed E-state index contributed by atoms with van der Waals surface area (Å²) in [6.45, 7) is 5.96. The molecule has 136 valence electrons. The molecule has 1 saturated heterocycles. The predicted octanol–water partition coefficient (Wildman–Crippen LogP) is 3.93. The average Bonchev–Trinajstić information content (AvgIpc) is 2.42. The zero-order valence-electron chi connectivity index (χ0n) is 14.5. The third-order valence-corrected chi connectivity index (χ3v) is 3.49. The highest BCUT2D eigenvalue weighted by atomic mass is 19.4. The van der Waals surface area contributed by atoms with Crippen molar-refractivity contribution in [2.24, 2.45) is 5.92 Å². The van der Waals surface area contributed by atoms with Crippen LogP contribution in [0.2, 0.25) is 0 Å². The van der Waals surface area contributed by atoms with Gasteiger partial charge in [0, 0.05) is 13.1 Å². The summed E-state index contributed by atoms with van der Waals surface area (Å²) in [6.07, 6.45) is -4.96. The van der Waals surface area contributed by atoms with E-state index >= 15 is 0 Å². The molecule has 0 spiro atoms. The molecule has 2 rings (SSSR count). The van der Waals surface area contributed by atoms with Gasteiger partial charge in [-0.2, -0.15) is 13.2 Å². The van der Waals surface area contributed by atoms with Crippen molar-refractivity contribution in [2.75, 3.05) is 20.2 Å². The molecule has 1 heterocycles. The van der Waals surface area contributed by atoms with Crippen molar-refractivity contribution in [1.82, 2.24) is 4.90 Å². The second-order valence-electron chi connectivity index (χ2n) is 6.73. The molecule has 0 radical (unpaired) electrons. The van der Waals surface area contributed by atoms with Crippen LogP contribution < -0.4 is 4.74 Å². The third-order valence-electron chi connectivity index (χ3n) is 3.49. The average molecular weight is 355 g/mol. The van der Waals surface area contributed by atoms with E-state index < -0.39 is 23.4 Å². The molecule has 1 aromatic rings. The zero-order chi connectivity index (χ0) is 18.8. The number of hydrogen-bond acceptors (Lipinski definition) is 3. The first-order chi connectivity index (χ1) is 11.5. The number of benzene rings is 1. The van der Waals surface area contributed by atoms with Gasteiger partial charge in [0.05, 0.1) is 24.2 Å². The van der Waals surface area contributed by atoms with Crippen LogP contribution in [0.25, 0.3) is 0 Å². The molecule has 25 heavy (non-hydrogen) atoms. The van der Waals surface area contributed by atoms with Crippen molar-refractivity contribution < 1.29 is 27.4 Å². The van der Waals surface area contributed by atoms with Gasteiger partial charge < -0.3 is 14.4 Å². The Kier molecular flexibility index (Phi) is 5.21. The van der Waals surface area contributed by atoms with E-state index in [0.717, 1.165) is 6.07 Å². The molecule has 1 aromatic carbocycles. The molecule has 1 aliphatic rings. The number of hydrogen-bond donors (Lipinski definition) is 0. The normalized spacial score (nSPS) is 15.1. The topological polar surface area (TPSA) is 38.8 Å². The maximum atomic E-state index is 13.1. The number of carbonyl (C=O) groups is 1. The number of ether oxygens (including phenoxy) is 2. The Labute approximate surface area is 144 Å². The summed E-state index contributed by atoms with van der Waals surface area (Å²) < 4.78 is 49.6. The van der Waals surface area contributed by atoms with Crippen LogP contribution in [-0.2, 0) is 10.9 Å². The first-order valence-electron chi connectivity index (χ1n) is 7.75. The Balaban J connectivity index is 2.10. The number of rotatable bonds is 1. The number of alkyl halides is 3. The van der Waals surface area contributed by atoms with Gasteiger partial charge in [-0.15, -0.1) is 0 Å². The molecule has 0 aromatic heterocycles. The van der Waals surface area contributed by atoms with E-state index in [4.69, 9.17) is 9.47 Å². The lowest BCUT2D eigenvalue weighted by Crippen LogP contribution is -2.51. The Hall–Kier alpha value is -2.36. The lowest BCUT2D eigenvalue weighted by Gasteiger charge is -2.37. The summed E-state index contributed by atoms with van der Waals surface area (Å²) in [5, 5.41) is 0. The van der Waals surface area contributed by atoms with Crippen LogP contribution >= 0.6 is 0 Å². The summed E-state index contributed by atoms with van der Waals surface area (Å²) in [6, 6.07) is 3.69. The number of carbonyl (C=O) groups excluding carboxylic acids is 1. The maximum Gasteiger partial charge on any atom is 0.417 e. The van der Waals surface area contributed by atoms with E-state index in [1.807, 2.05) is 0 Å². The van der Waals surface area contributed by atoms with Gasteiger partial charge in [0.25, 0.3) is 0 Å². The minimum atomic E-state index is -4.51. The number of amides is 1. The molecular formula is C18H20F3NO3. The van der Waals surface area contributed by atoms with Crippen molar-refractivity contribution in [1.29, 1.82) is 0 Å². The molecule has 0 unspecified atom stereocenters. The molecule has 0 N–H and O–H groups in total. The molecule has 0 aliphatic carbocycles. The summed E-state index contributed by atoms with van der Waals surface area (Å²) in [5.74, 6) is 5.24. The van der Waals surface area contributed by atoms with Gasteiger partial charge in [-0.1, -0.05) is 17.9 Å². The molecular weight excluding hydrogens is 335 g/mol. The van der Waals surface area contributed by atoms with Crippen molar-refractivity contribution in [3.05, 3.63) is 29.3 Å². The van der Waals surface area contributed by atoms with E-state index in [-0.39, 0.29) is 17.2 Å². The molecule has 1 aliphatic heterocycles. The zero-order valence-corrected chi connectivity index (χ0v) is 14.5. The second kappa shape index (κ2) is 6.87. The molecule has 1 amide bonds. The summed E-state index contributed by atoms with van der Waals surface area (Å²) >= 11 is 0. The van der Waals surface area contributed by atoms with Crippen molar-refractivity contribution >= 4 is 6.09 Å². The van der Waals surface area contributed by atoms with E-state index in [1.54, 1.807) is 20.8 Å². The van der Waals surface area contributed by atoms with Gasteiger partial charge in [-0.05, 0) is 32.9 Å². The Morgan fingerprint density at radius 3 is 2.40 bits per heavy atom. The summed E-state index contributed by atoms with van der Waals surface area (Å²) in [5.41, 5.74) is -1.61. The molecule has 1 fully saturated rings. The fraction of sp³-hybridized carbons (Fsp3) is 0.500. The first kappa shape index (κ1) is 19.0. The van der Waals surface area contributed by atoms with Gasteiger partial charge in [0.1, 0.15) is 11.4 Å². The fourth-order valence-electron chi connectivity index (χ4n) is 2.29. The largest absolute Gasteiger partial charge is 0.495 e. The van der Waals surface area contributed by atoms with Crippen molar-refractivity contribution in [3.8, 4) is 17.6 Å². The highest BCUT2D eigenvalue weighted by Gasteiger charge is 2.35. The molecule has 0 atom stereocenters. The van der Waals surface area contributed by atoms with Gasteiger partial charge >= 0.3 is 12.3 Å². The van der Waals surface area contributed by atoms with Crippen molar-refractivity contribution in [2.45, 2.75) is 32.5 Å². The minimum Gasteiger partial charge on any atom is -0.495 e. The Morgan fingerprint density at radius 2 is 1.88 bits per heavy atom. The number of methoxy groups -OCH3 is 1. The summed E-state index contributed by atoms with van der Waals surface area (Å²) in [7, 11) is 1.30. The van der Waals surface area contributed by atoms with Crippen LogP contribution in [0.5, 0.6) is 5.75 Å². The highest BCUT2D eigenvalue weighted by Crippen LogP contribution is 2.35. The SMILES string of the molecule is COc1cccc(C(F)(F)F)c1C#CC1CN(C(=O)OC(C)(C)C)C1. The quantitative estimate of drug-likeness (QED) is 0.717.